The van der Waals surface area contributed by atoms with E-state index in [0.717, 1.165) is 16.9 Å². The summed E-state index contributed by atoms with van der Waals surface area (Å²) in [5, 5.41) is 16.1. The maximum Gasteiger partial charge on any atom is 0.338 e. The molecule has 0 aliphatic heterocycles. The Hall–Kier alpha value is -2.38. The highest BCUT2D eigenvalue weighted by molar-refractivity contribution is 7.14. The lowest BCUT2D eigenvalue weighted by Crippen LogP contribution is -2.20. The van der Waals surface area contributed by atoms with E-state index in [1.807, 2.05) is 12.1 Å². The second kappa shape index (κ2) is 6.87. The van der Waals surface area contributed by atoms with Crippen molar-refractivity contribution in [2.24, 2.45) is 0 Å². The molecular formula is C14H14N2O4S. The number of urea groups is 1. The van der Waals surface area contributed by atoms with Crippen molar-refractivity contribution in [3.05, 3.63) is 46.8 Å². The van der Waals surface area contributed by atoms with Crippen molar-refractivity contribution in [3.8, 4) is 0 Å². The summed E-state index contributed by atoms with van der Waals surface area (Å²) in [6.45, 7) is 0.371. The Morgan fingerprint density at radius 2 is 2.00 bits per heavy atom. The van der Waals surface area contributed by atoms with E-state index in [1.54, 1.807) is 24.6 Å². The first-order valence-electron chi connectivity index (χ1n) is 6.07. The van der Waals surface area contributed by atoms with Crippen molar-refractivity contribution in [3.63, 3.8) is 0 Å². The molecular weight excluding hydrogens is 292 g/mol. The molecule has 0 bridgehead atoms. The zero-order valence-corrected chi connectivity index (χ0v) is 12.1. The molecule has 0 atom stereocenters. The highest BCUT2D eigenvalue weighted by Gasteiger charge is 2.14. The van der Waals surface area contributed by atoms with Crippen LogP contribution in [0.1, 0.15) is 15.9 Å². The van der Waals surface area contributed by atoms with Crippen LogP contribution in [0.4, 0.5) is 15.5 Å². The summed E-state index contributed by atoms with van der Waals surface area (Å²) in [4.78, 5) is 22.9. The topological polar surface area (TPSA) is 87.7 Å². The first kappa shape index (κ1) is 15.0. The van der Waals surface area contributed by atoms with Crippen LogP contribution in [0.2, 0.25) is 0 Å². The average Bonchev–Trinajstić information content (AvgIpc) is 2.89. The van der Waals surface area contributed by atoms with Gasteiger partial charge in [0.1, 0.15) is 5.00 Å². The zero-order chi connectivity index (χ0) is 15.2. The van der Waals surface area contributed by atoms with Gasteiger partial charge in [-0.25, -0.2) is 9.59 Å². The summed E-state index contributed by atoms with van der Waals surface area (Å²) in [5.41, 5.74) is 1.52. The number of amides is 2. The van der Waals surface area contributed by atoms with Crippen LogP contribution < -0.4 is 10.6 Å². The molecule has 21 heavy (non-hydrogen) atoms. The van der Waals surface area contributed by atoms with Gasteiger partial charge in [-0.1, -0.05) is 18.2 Å². The van der Waals surface area contributed by atoms with E-state index in [0.29, 0.717) is 17.3 Å². The van der Waals surface area contributed by atoms with Gasteiger partial charge in [-0.15, -0.1) is 11.3 Å². The fourth-order valence-corrected chi connectivity index (χ4v) is 2.53. The third-order valence-corrected chi connectivity index (χ3v) is 3.52. The number of para-hydroxylation sites is 1. The van der Waals surface area contributed by atoms with Gasteiger partial charge in [0.05, 0.1) is 12.2 Å². The molecule has 0 unspecified atom stereocenters. The van der Waals surface area contributed by atoms with Crippen molar-refractivity contribution in [1.82, 2.24) is 0 Å². The van der Waals surface area contributed by atoms with Crippen LogP contribution in [-0.2, 0) is 11.3 Å². The standard InChI is InChI=1S/C14H14N2O4S/c1-20-8-9-4-2-3-5-11(9)15-14(19)16-12-10(13(17)18)6-7-21-12/h2-7H,8H2,1H3,(H,17,18)(H2,15,16,19). The van der Waals surface area contributed by atoms with Crippen molar-refractivity contribution in [2.45, 2.75) is 6.61 Å². The lowest BCUT2D eigenvalue weighted by Gasteiger charge is -2.11. The van der Waals surface area contributed by atoms with Crippen LogP contribution in [-0.4, -0.2) is 24.2 Å². The van der Waals surface area contributed by atoms with Crippen LogP contribution in [0, 0.1) is 0 Å². The number of aromatic carboxylic acids is 1. The van der Waals surface area contributed by atoms with E-state index >= 15 is 0 Å². The minimum Gasteiger partial charge on any atom is -0.478 e. The number of ether oxygens (including phenoxy) is 1. The van der Waals surface area contributed by atoms with Crippen molar-refractivity contribution in [2.75, 3.05) is 17.7 Å². The summed E-state index contributed by atoms with van der Waals surface area (Å²) >= 11 is 1.15. The van der Waals surface area contributed by atoms with Gasteiger partial charge in [0.25, 0.3) is 0 Å². The Morgan fingerprint density at radius 3 is 2.71 bits per heavy atom. The molecule has 0 spiro atoms. The van der Waals surface area contributed by atoms with E-state index in [1.165, 1.54) is 6.07 Å². The number of carboxylic acid groups (broad SMARTS) is 1. The van der Waals surface area contributed by atoms with Gasteiger partial charge in [-0.2, -0.15) is 0 Å². The smallest absolute Gasteiger partial charge is 0.338 e. The van der Waals surface area contributed by atoms with Gasteiger partial charge in [0.2, 0.25) is 0 Å². The molecule has 110 valence electrons. The first-order valence-corrected chi connectivity index (χ1v) is 6.95. The molecule has 3 N–H and O–H groups in total. The Balaban J connectivity index is 2.08. The number of thiophene rings is 1. The minimum absolute atomic E-state index is 0.0697. The molecule has 2 rings (SSSR count). The molecule has 0 aliphatic carbocycles. The molecule has 0 aliphatic rings. The van der Waals surface area contributed by atoms with Crippen molar-refractivity contribution < 1.29 is 19.4 Å². The lowest BCUT2D eigenvalue weighted by molar-refractivity contribution is 0.0698. The largest absolute Gasteiger partial charge is 0.478 e. The molecule has 1 heterocycles. The lowest BCUT2D eigenvalue weighted by atomic mass is 10.2. The maximum atomic E-state index is 12.0. The number of rotatable bonds is 5. The normalized spacial score (nSPS) is 10.1. The van der Waals surface area contributed by atoms with E-state index in [4.69, 9.17) is 9.84 Å². The predicted octanol–water partition coefficient (Wildman–Crippen LogP) is 3.24. The second-order valence-electron chi connectivity index (χ2n) is 4.14. The van der Waals surface area contributed by atoms with Crippen molar-refractivity contribution in [1.29, 1.82) is 0 Å². The quantitative estimate of drug-likeness (QED) is 0.791. The average molecular weight is 306 g/mol. The number of nitrogens with one attached hydrogen (secondary N) is 2. The zero-order valence-electron chi connectivity index (χ0n) is 11.3. The molecule has 6 nitrogen and oxygen atoms in total. The molecule has 7 heteroatoms. The van der Waals surface area contributed by atoms with Crippen LogP contribution in [0.3, 0.4) is 0 Å². The number of carbonyl (C=O) groups excluding carboxylic acids is 1. The van der Waals surface area contributed by atoms with Crippen LogP contribution in [0.5, 0.6) is 0 Å². The third kappa shape index (κ3) is 3.80. The molecule has 2 amide bonds. The number of carboxylic acids is 1. The fourth-order valence-electron chi connectivity index (χ4n) is 1.75. The minimum atomic E-state index is -1.08. The number of benzene rings is 1. The Labute approximate surface area is 125 Å². The first-order chi connectivity index (χ1) is 10.1. The SMILES string of the molecule is COCc1ccccc1NC(=O)Nc1sccc1C(=O)O. The fraction of sp³-hybridized carbons (Fsp3) is 0.143. The summed E-state index contributed by atoms with van der Waals surface area (Å²) in [5.74, 6) is -1.08. The second-order valence-corrected chi connectivity index (χ2v) is 5.05. The summed E-state index contributed by atoms with van der Waals surface area (Å²) in [6, 6.07) is 8.18. The van der Waals surface area contributed by atoms with E-state index in [9.17, 15) is 9.59 Å². The van der Waals surface area contributed by atoms with E-state index < -0.39 is 12.0 Å². The summed E-state index contributed by atoms with van der Waals surface area (Å²) in [7, 11) is 1.57. The molecule has 2 aromatic rings. The molecule has 1 aromatic carbocycles. The van der Waals surface area contributed by atoms with Gasteiger partial charge in [0, 0.05) is 18.4 Å². The highest BCUT2D eigenvalue weighted by Crippen LogP contribution is 2.23. The van der Waals surface area contributed by atoms with Crippen molar-refractivity contribution >= 4 is 34.0 Å². The summed E-state index contributed by atoms with van der Waals surface area (Å²) in [6.07, 6.45) is 0. The molecule has 1 aromatic heterocycles. The van der Waals surface area contributed by atoms with Gasteiger partial charge >= 0.3 is 12.0 Å². The third-order valence-electron chi connectivity index (χ3n) is 2.69. The number of carbonyl (C=O) groups is 2. The van der Waals surface area contributed by atoms with E-state index in [2.05, 4.69) is 10.6 Å². The Morgan fingerprint density at radius 1 is 1.24 bits per heavy atom. The molecule has 0 saturated carbocycles. The van der Waals surface area contributed by atoms with E-state index in [-0.39, 0.29) is 5.56 Å². The maximum absolute atomic E-state index is 12.0. The van der Waals surface area contributed by atoms with Gasteiger partial charge in [0.15, 0.2) is 0 Å². The van der Waals surface area contributed by atoms with Gasteiger partial charge < -0.3 is 15.2 Å². The van der Waals surface area contributed by atoms with Crippen LogP contribution in [0.25, 0.3) is 0 Å². The highest BCUT2D eigenvalue weighted by atomic mass is 32.1. The number of methoxy groups -OCH3 is 1. The van der Waals surface area contributed by atoms with Gasteiger partial charge in [-0.3, -0.25) is 5.32 Å². The molecule has 0 radical (unpaired) electrons. The number of anilines is 2. The molecule has 0 saturated heterocycles. The summed E-state index contributed by atoms with van der Waals surface area (Å²) < 4.78 is 5.06. The predicted molar refractivity (Wildman–Crippen MR) is 81.1 cm³/mol. The number of hydrogen-bond acceptors (Lipinski definition) is 4. The van der Waals surface area contributed by atoms with Gasteiger partial charge in [-0.05, 0) is 17.5 Å². The number of hydrogen-bond donors (Lipinski definition) is 3. The Bertz CT molecular complexity index is 654. The Kier molecular flexibility index (Phi) is 4.91. The van der Waals surface area contributed by atoms with Crippen LogP contribution >= 0.6 is 11.3 Å². The molecule has 0 fully saturated rings. The van der Waals surface area contributed by atoms with Crippen LogP contribution in [0.15, 0.2) is 35.7 Å². The monoisotopic (exact) mass is 306 g/mol.